The van der Waals surface area contributed by atoms with E-state index in [0.29, 0.717) is 38.8 Å². The number of rotatable bonds is 7. The number of anilines is 1. The highest BCUT2D eigenvalue weighted by atomic mass is 32.1. The number of furan rings is 1. The van der Waals surface area contributed by atoms with Crippen LogP contribution in [0.25, 0.3) is 22.4 Å². The molecular formula is C29H28N2O6S. The molecule has 0 saturated heterocycles. The van der Waals surface area contributed by atoms with Crippen LogP contribution >= 0.6 is 11.3 Å². The molecule has 1 aliphatic rings. The largest absolute Gasteiger partial charge is 0.463 e. The predicted molar refractivity (Wildman–Crippen MR) is 144 cm³/mol. The van der Waals surface area contributed by atoms with E-state index in [4.69, 9.17) is 13.9 Å². The van der Waals surface area contributed by atoms with E-state index < -0.39 is 23.9 Å². The van der Waals surface area contributed by atoms with Crippen molar-refractivity contribution in [3.8, 4) is 11.5 Å². The minimum Gasteiger partial charge on any atom is -0.463 e. The van der Waals surface area contributed by atoms with Crippen molar-refractivity contribution in [3.63, 3.8) is 0 Å². The molecule has 8 nitrogen and oxygen atoms in total. The van der Waals surface area contributed by atoms with Crippen LogP contribution in [0.1, 0.15) is 58.3 Å². The quantitative estimate of drug-likeness (QED) is 0.289. The second kappa shape index (κ2) is 10.8. The summed E-state index contributed by atoms with van der Waals surface area (Å²) in [5.74, 6) is -0.628. The molecule has 2 atom stereocenters. The third kappa shape index (κ3) is 5.06. The highest BCUT2D eigenvalue weighted by Gasteiger charge is 2.30. The number of hydrogen-bond acceptors (Lipinski definition) is 8. The Labute approximate surface area is 224 Å². The SMILES string of the molecule is CCOC(=O)c1c(NC(=O)[C@H](C)OC(=O)c2cc(-c3ccco3)nc3ccccc23)sc2c1CC[C@H](C)C2. The molecule has 0 fully saturated rings. The summed E-state index contributed by atoms with van der Waals surface area (Å²) in [4.78, 5) is 44.9. The molecule has 0 saturated carbocycles. The lowest BCUT2D eigenvalue weighted by atomic mass is 9.88. The molecule has 196 valence electrons. The molecule has 9 heteroatoms. The lowest BCUT2D eigenvalue weighted by molar-refractivity contribution is -0.123. The van der Waals surface area contributed by atoms with Gasteiger partial charge in [0.2, 0.25) is 0 Å². The number of nitrogens with one attached hydrogen (secondary N) is 1. The zero-order chi connectivity index (χ0) is 26.8. The number of carbonyl (C=O) groups excluding carboxylic acids is 3. The van der Waals surface area contributed by atoms with Gasteiger partial charge in [-0.05, 0) is 68.9 Å². The van der Waals surface area contributed by atoms with E-state index in [2.05, 4.69) is 17.2 Å². The first kappa shape index (κ1) is 25.7. The number of benzene rings is 1. The maximum Gasteiger partial charge on any atom is 0.341 e. The van der Waals surface area contributed by atoms with Crippen molar-refractivity contribution in [2.24, 2.45) is 5.92 Å². The van der Waals surface area contributed by atoms with E-state index in [1.54, 1.807) is 43.3 Å². The normalized spacial score (nSPS) is 15.5. The van der Waals surface area contributed by atoms with Gasteiger partial charge in [0, 0.05) is 10.3 Å². The van der Waals surface area contributed by atoms with Crippen LogP contribution < -0.4 is 5.32 Å². The summed E-state index contributed by atoms with van der Waals surface area (Å²) in [7, 11) is 0. The van der Waals surface area contributed by atoms with Crippen molar-refractivity contribution in [3.05, 3.63) is 70.3 Å². The van der Waals surface area contributed by atoms with Gasteiger partial charge in [0.25, 0.3) is 5.91 Å². The summed E-state index contributed by atoms with van der Waals surface area (Å²) in [5.41, 5.74) is 2.71. The van der Waals surface area contributed by atoms with Crippen molar-refractivity contribution in [1.82, 2.24) is 4.98 Å². The molecule has 0 unspecified atom stereocenters. The number of fused-ring (bicyclic) bond motifs is 2. The van der Waals surface area contributed by atoms with Gasteiger partial charge in [-0.1, -0.05) is 25.1 Å². The minimum atomic E-state index is -1.12. The topological polar surface area (TPSA) is 108 Å². The van der Waals surface area contributed by atoms with Crippen LogP contribution in [-0.2, 0) is 27.1 Å². The average molecular weight is 533 g/mol. The summed E-state index contributed by atoms with van der Waals surface area (Å²) in [5, 5.41) is 3.86. The molecular weight excluding hydrogens is 504 g/mol. The summed E-state index contributed by atoms with van der Waals surface area (Å²) in [6.45, 7) is 5.66. The maximum absolute atomic E-state index is 13.3. The molecule has 0 radical (unpaired) electrons. The lowest BCUT2D eigenvalue weighted by Gasteiger charge is -2.18. The number of aromatic nitrogens is 1. The van der Waals surface area contributed by atoms with Gasteiger partial charge in [-0.3, -0.25) is 4.79 Å². The van der Waals surface area contributed by atoms with Gasteiger partial charge in [-0.15, -0.1) is 11.3 Å². The fourth-order valence-corrected chi connectivity index (χ4v) is 6.05. The third-order valence-electron chi connectivity index (χ3n) is 6.59. The van der Waals surface area contributed by atoms with Gasteiger partial charge >= 0.3 is 11.9 Å². The number of ether oxygens (including phenoxy) is 2. The molecule has 1 amide bonds. The second-order valence-corrected chi connectivity index (χ2v) is 10.5. The Morgan fingerprint density at radius 3 is 2.76 bits per heavy atom. The monoisotopic (exact) mass is 532 g/mol. The molecule has 1 aromatic carbocycles. The first-order valence-corrected chi connectivity index (χ1v) is 13.4. The highest BCUT2D eigenvalue weighted by molar-refractivity contribution is 7.17. The van der Waals surface area contributed by atoms with Crippen LogP contribution in [0.15, 0.2) is 53.1 Å². The fourth-order valence-electron chi connectivity index (χ4n) is 4.64. The van der Waals surface area contributed by atoms with Crippen molar-refractivity contribution >= 4 is 45.1 Å². The van der Waals surface area contributed by atoms with Crippen molar-refractivity contribution in [2.75, 3.05) is 11.9 Å². The Bertz CT molecular complexity index is 1510. The standard InChI is InChI=1S/C29H28N2O6S/c1-4-35-29(34)25-19-12-11-16(2)14-24(19)38-27(25)31-26(32)17(3)37-28(33)20-15-22(23-10-7-13-36-23)30-21-9-6-5-8-18(20)21/h5-10,13,15-17H,4,11-12,14H2,1-3H3,(H,31,32)/t16-,17-/m0/s1. The molecule has 5 rings (SSSR count). The van der Waals surface area contributed by atoms with E-state index in [0.717, 1.165) is 29.7 Å². The van der Waals surface area contributed by atoms with Crippen molar-refractivity contribution in [1.29, 1.82) is 0 Å². The van der Waals surface area contributed by atoms with Crippen LogP contribution in [0.3, 0.4) is 0 Å². The first-order chi connectivity index (χ1) is 18.4. The zero-order valence-corrected chi connectivity index (χ0v) is 22.2. The number of esters is 2. The number of carbonyl (C=O) groups is 3. The minimum absolute atomic E-state index is 0.237. The average Bonchev–Trinajstić information content (AvgIpc) is 3.56. The van der Waals surface area contributed by atoms with Gasteiger partial charge in [-0.25, -0.2) is 14.6 Å². The Morgan fingerprint density at radius 2 is 2.00 bits per heavy atom. The Kier molecular flexibility index (Phi) is 7.28. The fraction of sp³-hybridized carbons (Fsp3) is 0.310. The Morgan fingerprint density at radius 1 is 1.18 bits per heavy atom. The molecule has 38 heavy (non-hydrogen) atoms. The smallest absolute Gasteiger partial charge is 0.341 e. The lowest BCUT2D eigenvalue weighted by Crippen LogP contribution is -2.30. The molecule has 3 aromatic heterocycles. The maximum atomic E-state index is 13.3. The number of para-hydroxylation sites is 1. The van der Waals surface area contributed by atoms with Crippen molar-refractivity contribution < 1.29 is 28.3 Å². The Balaban J connectivity index is 1.38. The van der Waals surface area contributed by atoms with Crippen LogP contribution in [-0.4, -0.2) is 35.5 Å². The highest BCUT2D eigenvalue weighted by Crippen LogP contribution is 2.40. The summed E-state index contributed by atoms with van der Waals surface area (Å²) < 4.78 is 16.3. The number of thiophene rings is 1. The van der Waals surface area contributed by atoms with E-state index >= 15 is 0 Å². The second-order valence-electron chi connectivity index (χ2n) is 9.36. The molecule has 1 aliphatic carbocycles. The summed E-state index contributed by atoms with van der Waals surface area (Å²) in [6, 6.07) is 12.3. The van der Waals surface area contributed by atoms with E-state index in [9.17, 15) is 14.4 Å². The Hall–Kier alpha value is -3.98. The van der Waals surface area contributed by atoms with Gasteiger partial charge in [0.1, 0.15) is 10.7 Å². The number of nitrogens with zero attached hydrogens (tertiary/aromatic N) is 1. The number of amides is 1. The van der Waals surface area contributed by atoms with E-state index in [1.165, 1.54) is 24.5 Å². The summed E-state index contributed by atoms with van der Waals surface area (Å²) >= 11 is 1.39. The van der Waals surface area contributed by atoms with Gasteiger partial charge in [0.05, 0.1) is 29.5 Å². The predicted octanol–water partition coefficient (Wildman–Crippen LogP) is 6.04. The number of hydrogen-bond donors (Lipinski definition) is 1. The molecule has 3 heterocycles. The third-order valence-corrected chi connectivity index (χ3v) is 7.76. The van der Waals surface area contributed by atoms with Crippen molar-refractivity contribution in [2.45, 2.75) is 46.1 Å². The molecule has 0 aliphatic heterocycles. The molecule has 4 aromatic rings. The molecule has 0 bridgehead atoms. The van der Waals surface area contributed by atoms with Gasteiger partial charge in [0.15, 0.2) is 11.9 Å². The van der Waals surface area contributed by atoms with Gasteiger partial charge in [-0.2, -0.15) is 0 Å². The number of pyridine rings is 1. The molecule has 0 spiro atoms. The van der Waals surface area contributed by atoms with E-state index in [-0.39, 0.29) is 12.2 Å². The van der Waals surface area contributed by atoms with Gasteiger partial charge < -0.3 is 19.2 Å². The van der Waals surface area contributed by atoms with Crippen LogP contribution in [0.4, 0.5) is 5.00 Å². The van der Waals surface area contributed by atoms with Crippen LogP contribution in [0.5, 0.6) is 0 Å². The summed E-state index contributed by atoms with van der Waals surface area (Å²) in [6.07, 6.45) is 2.99. The van der Waals surface area contributed by atoms with Crippen LogP contribution in [0, 0.1) is 5.92 Å². The molecule has 1 N–H and O–H groups in total. The van der Waals surface area contributed by atoms with E-state index in [1.807, 2.05) is 6.07 Å². The zero-order valence-electron chi connectivity index (χ0n) is 21.4. The van der Waals surface area contributed by atoms with Crippen LogP contribution in [0.2, 0.25) is 0 Å². The first-order valence-electron chi connectivity index (χ1n) is 12.6.